The van der Waals surface area contributed by atoms with Crippen LogP contribution in [0.3, 0.4) is 0 Å². The Bertz CT molecular complexity index is 751. The summed E-state index contributed by atoms with van der Waals surface area (Å²) in [6.45, 7) is 2.42. The van der Waals surface area contributed by atoms with Crippen molar-refractivity contribution in [1.29, 1.82) is 0 Å². The van der Waals surface area contributed by atoms with Crippen molar-refractivity contribution in [3.8, 4) is 0 Å². The van der Waals surface area contributed by atoms with Gasteiger partial charge in [-0.15, -0.1) is 11.3 Å². The maximum absolute atomic E-state index is 10.2. The van der Waals surface area contributed by atoms with Crippen molar-refractivity contribution >= 4 is 27.4 Å². The van der Waals surface area contributed by atoms with E-state index in [-0.39, 0.29) is 0 Å². The van der Waals surface area contributed by atoms with Gasteiger partial charge in [-0.25, -0.2) is 9.97 Å². The summed E-state index contributed by atoms with van der Waals surface area (Å²) < 4.78 is 1.68. The molecule has 21 heavy (non-hydrogen) atoms. The van der Waals surface area contributed by atoms with Crippen molar-refractivity contribution in [1.82, 2.24) is 19.7 Å². The Balaban J connectivity index is 1.79. The summed E-state index contributed by atoms with van der Waals surface area (Å²) >= 11 is 1.60. The van der Waals surface area contributed by atoms with Gasteiger partial charge in [-0.05, 0) is 11.4 Å². The van der Waals surface area contributed by atoms with Gasteiger partial charge < -0.3 is 10.4 Å². The molecule has 0 aliphatic rings. The van der Waals surface area contributed by atoms with E-state index in [0.29, 0.717) is 6.54 Å². The Morgan fingerprint density at radius 1 is 1.43 bits per heavy atom. The fraction of sp³-hybridized carbons (Fsp3) is 0.357. The Morgan fingerprint density at radius 3 is 3.00 bits per heavy atom. The van der Waals surface area contributed by atoms with Gasteiger partial charge in [0.05, 0.1) is 17.7 Å². The average molecular weight is 303 g/mol. The Morgan fingerprint density at radius 2 is 2.29 bits per heavy atom. The molecule has 0 amide bonds. The predicted octanol–water partition coefficient (Wildman–Crippen LogP) is 2.13. The SMILES string of the molecule is CCc1nc(NCC(O)c2cnn(C)c2)c2ccsc2n1. The first kappa shape index (κ1) is 14.0. The number of aliphatic hydroxyl groups excluding tert-OH is 1. The van der Waals surface area contributed by atoms with E-state index in [4.69, 9.17) is 0 Å². The summed E-state index contributed by atoms with van der Waals surface area (Å²) in [6, 6.07) is 2.00. The second kappa shape index (κ2) is 5.79. The van der Waals surface area contributed by atoms with E-state index in [2.05, 4.69) is 20.4 Å². The fourth-order valence-corrected chi connectivity index (χ4v) is 2.90. The third kappa shape index (κ3) is 2.88. The largest absolute Gasteiger partial charge is 0.386 e. The lowest BCUT2D eigenvalue weighted by Crippen LogP contribution is -2.13. The topological polar surface area (TPSA) is 75.9 Å². The first-order valence-electron chi connectivity index (χ1n) is 6.82. The molecule has 1 unspecified atom stereocenters. The lowest BCUT2D eigenvalue weighted by atomic mass is 10.2. The highest BCUT2D eigenvalue weighted by molar-refractivity contribution is 7.16. The normalized spacial score (nSPS) is 12.7. The molecule has 0 spiro atoms. The molecule has 0 fully saturated rings. The molecule has 0 aliphatic carbocycles. The van der Waals surface area contributed by atoms with Crippen LogP contribution < -0.4 is 5.32 Å². The summed E-state index contributed by atoms with van der Waals surface area (Å²) in [7, 11) is 1.83. The zero-order valence-corrected chi connectivity index (χ0v) is 12.8. The lowest BCUT2D eigenvalue weighted by molar-refractivity contribution is 0.191. The quantitative estimate of drug-likeness (QED) is 0.755. The second-order valence-electron chi connectivity index (χ2n) is 4.83. The van der Waals surface area contributed by atoms with E-state index in [1.165, 1.54) is 0 Å². The van der Waals surface area contributed by atoms with Crippen LogP contribution in [0.4, 0.5) is 5.82 Å². The van der Waals surface area contributed by atoms with Gasteiger partial charge in [0.2, 0.25) is 0 Å². The highest BCUT2D eigenvalue weighted by Crippen LogP contribution is 2.25. The van der Waals surface area contributed by atoms with Crippen LogP contribution in [0.15, 0.2) is 23.8 Å². The maximum atomic E-state index is 10.2. The van der Waals surface area contributed by atoms with Crippen LogP contribution >= 0.6 is 11.3 Å². The number of nitrogens with zero attached hydrogens (tertiary/aromatic N) is 4. The molecule has 3 heterocycles. The number of aromatic nitrogens is 4. The minimum Gasteiger partial charge on any atom is -0.386 e. The van der Waals surface area contributed by atoms with Crippen LogP contribution in [-0.2, 0) is 13.5 Å². The van der Waals surface area contributed by atoms with Crippen LogP contribution in [0, 0.1) is 0 Å². The van der Waals surface area contributed by atoms with Crippen LogP contribution in [0.5, 0.6) is 0 Å². The van der Waals surface area contributed by atoms with Crippen LogP contribution in [0.2, 0.25) is 0 Å². The van der Waals surface area contributed by atoms with E-state index in [1.54, 1.807) is 22.2 Å². The van der Waals surface area contributed by atoms with Crippen LogP contribution in [0.25, 0.3) is 10.2 Å². The maximum Gasteiger partial charge on any atom is 0.138 e. The molecule has 3 aromatic rings. The van der Waals surface area contributed by atoms with Gasteiger partial charge >= 0.3 is 0 Å². The summed E-state index contributed by atoms with van der Waals surface area (Å²) in [6.07, 6.45) is 3.65. The van der Waals surface area contributed by atoms with Crippen molar-refractivity contribution in [2.24, 2.45) is 7.05 Å². The third-order valence-corrected chi connectivity index (χ3v) is 4.07. The number of nitrogens with one attached hydrogen (secondary N) is 1. The van der Waals surface area contributed by atoms with Crippen molar-refractivity contribution in [3.63, 3.8) is 0 Å². The van der Waals surface area contributed by atoms with Crippen LogP contribution in [-0.4, -0.2) is 31.4 Å². The lowest BCUT2D eigenvalue weighted by Gasteiger charge is -2.12. The number of aryl methyl sites for hydroxylation is 2. The minimum absolute atomic E-state index is 0.386. The molecular weight excluding hydrogens is 286 g/mol. The van der Waals surface area contributed by atoms with Crippen molar-refractivity contribution in [3.05, 3.63) is 35.2 Å². The Hall–Kier alpha value is -1.99. The number of fused-ring (bicyclic) bond motifs is 1. The molecule has 1 atom stereocenters. The third-order valence-electron chi connectivity index (χ3n) is 3.26. The molecule has 110 valence electrons. The van der Waals surface area contributed by atoms with E-state index >= 15 is 0 Å². The highest BCUT2D eigenvalue weighted by Gasteiger charge is 2.12. The van der Waals surface area contributed by atoms with Crippen molar-refractivity contribution in [2.75, 3.05) is 11.9 Å². The summed E-state index contributed by atoms with van der Waals surface area (Å²) in [5, 5.41) is 20.5. The Labute approximate surface area is 126 Å². The molecule has 0 saturated carbocycles. The number of hydrogen-bond donors (Lipinski definition) is 2. The van der Waals surface area contributed by atoms with Crippen LogP contribution in [0.1, 0.15) is 24.4 Å². The molecule has 0 radical (unpaired) electrons. The number of thiophene rings is 1. The van der Waals surface area contributed by atoms with E-state index < -0.39 is 6.10 Å². The Kier molecular flexibility index (Phi) is 3.85. The van der Waals surface area contributed by atoms with E-state index in [9.17, 15) is 5.11 Å². The smallest absolute Gasteiger partial charge is 0.138 e. The molecule has 2 N–H and O–H groups in total. The fourth-order valence-electron chi connectivity index (χ4n) is 2.12. The van der Waals surface area contributed by atoms with E-state index in [1.807, 2.05) is 31.6 Å². The summed E-state index contributed by atoms with van der Waals surface area (Å²) in [5.74, 6) is 1.59. The summed E-state index contributed by atoms with van der Waals surface area (Å²) in [5.41, 5.74) is 0.788. The van der Waals surface area contributed by atoms with Gasteiger partial charge in [-0.1, -0.05) is 6.92 Å². The van der Waals surface area contributed by atoms with Gasteiger partial charge in [0.15, 0.2) is 0 Å². The number of rotatable bonds is 5. The molecule has 0 saturated heterocycles. The number of aliphatic hydroxyl groups is 1. The first-order chi connectivity index (χ1) is 10.2. The molecular formula is C14H17N5OS. The van der Waals surface area contributed by atoms with Gasteiger partial charge in [0, 0.05) is 31.8 Å². The zero-order chi connectivity index (χ0) is 14.8. The van der Waals surface area contributed by atoms with Gasteiger partial charge in [0.1, 0.15) is 16.5 Å². The standard InChI is InChI=1S/C14H17N5OS/c1-3-12-17-13(10-4-5-21-14(10)18-12)15-7-11(20)9-6-16-19(2)8-9/h4-6,8,11,20H,3,7H2,1-2H3,(H,15,17,18). The zero-order valence-electron chi connectivity index (χ0n) is 11.9. The highest BCUT2D eigenvalue weighted by atomic mass is 32.1. The predicted molar refractivity (Wildman–Crippen MR) is 83.5 cm³/mol. The van der Waals surface area contributed by atoms with Gasteiger partial charge in [-0.3, -0.25) is 4.68 Å². The minimum atomic E-state index is -0.618. The molecule has 7 heteroatoms. The molecule has 3 aromatic heterocycles. The summed E-state index contributed by atoms with van der Waals surface area (Å²) in [4.78, 5) is 9.98. The molecule has 0 bridgehead atoms. The van der Waals surface area contributed by atoms with Gasteiger partial charge in [0.25, 0.3) is 0 Å². The second-order valence-corrected chi connectivity index (χ2v) is 5.72. The average Bonchev–Trinajstić information content (AvgIpc) is 3.12. The van der Waals surface area contributed by atoms with E-state index in [0.717, 1.165) is 33.8 Å². The molecule has 6 nitrogen and oxygen atoms in total. The molecule has 3 rings (SSSR count). The first-order valence-corrected chi connectivity index (χ1v) is 7.70. The molecule has 0 aromatic carbocycles. The monoisotopic (exact) mass is 303 g/mol. The van der Waals surface area contributed by atoms with Gasteiger partial charge in [-0.2, -0.15) is 5.10 Å². The van der Waals surface area contributed by atoms with Crippen molar-refractivity contribution in [2.45, 2.75) is 19.4 Å². The molecule has 0 aliphatic heterocycles. The number of hydrogen-bond acceptors (Lipinski definition) is 6. The van der Waals surface area contributed by atoms with Crippen molar-refractivity contribution < 1.29 is 5.11 Å². The number of anilines is 1.